The summed E-state index contributed by atoms with van der Waals surface area (Å²) in [6.45, 7) is 13.5. The number of carboxylic acids is 1. The van der Waals surface area contributed by atoms with Crippen LogP contribution in [-0.2, 0) is 14.4 Å². The minimum Gasteiger partial charge on any atom is -0.481 e. The first-order valence-electron chi connectivity index (χ1n) is 12.3. The van der Waals surface area contributed by atoms with Crippen LogP contribution in [-0.4, -0.2) is 67.6 Å². The lowest BCUT2D eigenvalue weighted by Crippen LogP contribution is -2.58. The first-order chi connectivity index (χ1) is 16.4. The highest BCUT2D eigenvalue weighted by Gasteiger charge is 2.78. The number of hydrogen-bond donors (Lipinski definition) is 2. The second-order valence-corrected chi connectivity index (χ2v) is 12.7. The SMILES string of the molecule is C=CCN(C(=O)C1N([C@@H](CO)C(C)C)C(=O)[C@@H]2[C@@H](C(=O)O)[C@@]3(C)CCC12S3)c1cc(C)ccc1C. The van der Waals surface area contributed by atoms with Crippen molar-refractivity contribution in [2.24, 2.45) is 17.8 Å². The number of amides is 2. The quantitative estimate of drug-likeness (QED) is 0.531. The lowest BCUT2D eigenvalue weighted by molar-refractivity contribution is -0.151. The van der Waals surface area contributed by atoms with Gasteiger partial charge >= 0.3 is 5.97 Å². The minimum atomic E-state index is -0.990. The predicted molar refractivity (Wildman–Crippen MR) is 137 cm³/mol. The number of thioether (sulfide) groups is 1. The second-order valence-electron chi connectivity index (χ2n) is 10.8. The second kappa shape index (κ2) is 8.96. The average molecular weight is 501 g/mol. The highest BCUT2D eigenvalue weighted by Crippen LogP contribution is 2.71. The van der Waals surface area contributed by atoms with Crippen LogP contribution in [0.15, 0.2) is 30.9 Å². The summed E-state index contributed by atoms with van der Waals surface area (Å²) in [7, 11) is 0. The van der Waals surface area contributed by atoms with Gasteiger partial charge in [-0.2, -0.15) is 0 Å². The van der Waals surface area contributed by atoms with Gasteiger partial charge in [-0.3, -0.25) is 14.4 Å². The fraction of sp³-hybridized carbons (Fsp3) is 0.593. The molecule has 2 bridgehead atoms. The van der Waals surface area contributed by atoms with Gasteiger partial charge in [-0.1, -0.05) is 32.1 Å². The number of hydrogen-bond acceptors (Lipinski definition) is 5. The molecule has 2 N–H and O–H groups in total. The zero-order valence-electron chi connectivity index (χ0n) is 21.2. The molecular weight excluding hydrogens is 464 g/mol. The average Bonchev–Trinajstić information content (AvgIpc) is 3.35. The third kappa shape index (κ3) is 3.71. The summed E-state index contributed by atoms with van der Waals surface area (Å²) < 4.78 is -1.45. The summed E-state index contributed by atoms with van der Waals surface area (Å²) in [4.78, 5) is 44.2. The Hall–Kier alpha value is -2.32. The topological polar surface area (TPSA) is 98.2 Å². The van der Waals surface area contributed by atoms with Crippen molar-refractivity contribution in [3.63, 3.8) is 0 Å². The Labute approximate surface area is 211 Å². The molecule has 3 aliphatic rings. The van der Waals surface area contributed by atoms with E-state index in [4.69, 9.17) is 0 Å². The lowest BCUT2D eigenvalue weighted by Gasteiger charge is -2.41. The third-order valence-corrected chi connectivity index (χ3v) is 10.2. The molecule has 1 spiro atoms. The molecule has 8 heteroatoms. The molecule has 2 unspecified atom stereocenters. The van der Waals surface area contributed by atoms with E-state index in [0.29, 0.717) is 12.8 Å². The highest BCUT2D eigenvalue weighted by atomic mass is 32.2. The van der Waals surface area contributed by atoms with Gasteiger partial charge in [-0.25, -0.2) is 0 Å². The van der Waals surface area contributed by atoms with E-state index in [-0.39, 0.29) is 30.9 Å². The van der Waals surface area contributed by atoms with Gasteiger partial charge in [0.1, 0.15) is 6.04 Å². The fourth-order valence-corrected chi connectivity index (χ4v) is 8.92. The van der Waals surface area contributed by atoms with Crippen LogP contribution in [0.4, 0.5) is 5.69 Å². The van der Waals surface area contributed by atoms with Crippen LogP contribution in [0.25, 0.3) is 0 Å². The minimum absolute atomic E-state index is 0.107. The van der Waals surface area contributed by atoms with Crippen molar-refractivity contribution >= 4 is 35.2 Å². The lowest BCUT2D eigenvalue weighted by atomic mass is 9.66. The number of carboxylic acid groups (broad SMARTS) is 1. The molecule has 7 nitrogen and oxygen atoms in total. The number of fused-ring (bicyclic) bond motifs is 1. The molecule has 3 fully saturated rings. The van der Waals surface area contributed by atoms with Crippen molar-refractivity contribution in [3.8, 4) is 0 Å². The van der Waals surface area contributed by atoms with Crippen LogP contribution in [0.5, 0.6) is 0 Å². The molecule has 0 saturated carbocycles. The summed E-state index contributed by atoms with van der Waals surface area (Å²) in [5.41, 5.74) is 2.69. The summed E-state index contributed by atoms with van der Waals surface area (Å²) >= 11 is 1.51. The number of aliphatic hydroxyl groups excluding tert-OH is 1. The number of aliphatic carboxylic acids is 1. The molecule has 6 atom stereocenters. The van der Waals surface area contributed by atoms with Crippen molar-refractivity contribution in [1.82, 2.24) is 4.90 Å². The van der Waals surface area contributed by atoms with Gasteiger partial charge in [-0.15, -0.1) is 18.3 Å². The van der Waals surface area contributed by atoms with E-state index in [2.05, 4.69) is 6.58 Å². The van der Waals surface area contributed by atoms with Gasteiger partial charge in [0.25, 0.3) is 5.91 Å². The summed E-state index contributed by atoms with van der Waals surface area (Å²) in [5.74, 6) is -3.32. The first-order valence-corrected chi connectivity index (χ1v) is 13.1. The molecule has 2 amide bonds. The largest absolute Gasteiger partial charge is 0.481 e. The van der Waals surface area contributed by atoms with Gasteiger partial charge in [0, 0.05) is 17.0 Å². The molecule has 4 rings (SSSR count). The number of carbonyl (C=O) groups is 3. The van der Waals surface area contributed by atoms with Gasteiger partial charge in [0.15, 0.2) is 0 Å². The number of benzene rings is 1. The molecule has 1 aromatic rings. The Balaban J connectivity index is 1.90. The smallest absolute Gasteiger partial charge is 0.308 e. The highest BCUT2D eigenvalue weighted by molar-refractivity contribution is 8.02. The zero-order valence-corrected chi connectivity index (χ0v) is 22.0. The molecule has 190 valence electrons. The Morgan fingerprint density at radius 1 is 1.31 bits per heavy atom. The van der Waals surface area contributed by atoms with Crippen molar-refractivity contribution in [2.75, 3.05) is 18.1 Å². The van der Waals surface area contributed by atoms with E-state index < -0.39 is 39.4 Å². The fourth-order valence-electron chi connectivity index (χ4n) is 6.59. The molecule has 0 radical (unpaired) electrons. The summed E-state index contributed by atoms with van der Waals surface area (Å²) in [6, 6.07) is 4.47. The molecule has 0 aliphatic carbocycles. The monoisotopic (exact) mass is 500 g/mol. The van der Waals surface area contributed by atoms with Gasteiger partial charge in [-0.05, 0) is 56.7 Å². The maximum absolute atomic E-state index is 14.5. The molecular formula is C27H36N2O5S. The Kier molecular flexibility index (Phi) is 6.60. The number of anilines is 1. The molecule has 0 aromatic heterocycles. The third-order valence-electron chi connectivity index (χ3n) is 8.26. The van der Waals surface area contributed by atoms with Crippen molar-refractivity contribution < 1.29 is 24.6 Å². The van der Waals surface area contributed by atoms with E-state index >= 15 is 0 Å². The van der Waals surface area contributed by atoms with Crippen LogP contribution in [0.3, 0.4) is 0 Å². The number of carbonyl (C=O) groups excluding carboxylic acids is 2. The predicted octanol–water partition coefficient (Wildman–Crippen LogP) is 3.41. The Bertz CT molecular complexity index is 1070. The van der Waals surface area contributed by atoms with Crippen LogP contribution < -0.4 is 4.90 Å². The normalized spacial score (nSPS) is 32.1. The maximum Gasteiger partial charge on any atom is 0.308 e. The molecule has 3 heterocycles. The number of aryl methyl sites for hydroxylation is 2. The van der Waals surface area contributed by atoms with E-state index in [9.17, 15) is 24.6 Å². The number of aliphatic hydroxyl groups is 1. The van der Waals surface area contributed by atoms with E-state index in [1.54, 1.807) is 15.9 Å². The number of likely N-dealkylation sites (tertiary alicyclic amines) is 1. The van der Waals surface area contributed by atoms with Crippen molar-refractivity contribution in [3.05, 3.63) is 42.0 Å². The van der Waals surface area contributed by atoms with Crippen molar-refractivity contribution in [1.29, 1.82) is 0 Å². The van der Waals surface area contributed by atoms with Crippen LogP contribution in [0.2, 0.25) is 0 Å². The molecule has 3 aliphatic heterocycles. The molecule has 1 aromatic carbocycles. The van der Waals surface area contributed by atoms with Gasteiger partial charge in [0.05, 0.1) is 29.2 Å². The standard InChI is InChI=1S/C27H36N2O5S/c1-7-12-28(18-13-16(4)8-9-17(18)5)24(32)22-27-11-10-26(6,35-27)21(25(33)34)20(27)23(31)29(22)19(14-30)15(2)3/h7-9,13,15,19-22,30H,1,10-12,14H2,2-6H3,(H,33,34)/t19-,20-,21-,22?,26+,27?/m0/s1. The number of rotatable bonds is 8. The summed E-state index contributed by atoms with van der Waals surface area (Å²) in [6.07, 6.45) is 2.89. The van der Waals surface area contributed by atoms with E-state index in [0.717, 1.165) is 16.8 Å². The van der Waals surface area contributed by atoms with Crippen LogP contribution in [0, 0.1) is 31.6 Å². The Morgan fingerprint density at radius 2 is 2.00 bits per heavy atom. The van der Waals surface area contributed by atoms with Crippen LogP contribution in [0.1, 0.15) is 44.7 Å². The molecule has 35 heavy (non-hydrogen) atoms. The number of nitrogens with zero attached hydrogens (tertiary/aromatic N) is 2. The first kappa shape index (κ1) is 25.8. The zero-order chi connectivity index (χ0) is 25.9. The van der Waals surface area contributed by atoms with Crippen molar-refractivity contribution in [2.45, 2.75) is 69.0 Å². The van der Waals surface area contributed by atoms with Gasteiger partial charge in [0.2, 0.25) is 5.91 Å². The van der Waals surface area contributed by atoms with Gasteiger partial charge < -0.3 is 20.0 Å². The van der Waals surface area contributed by atoms with Crippen LogP contribution >= 0.6 is 11.8 Å². The van der Waals surface area contributed by atoms with E-state index in [1.165, 1.54) is 11.8 Å². The molecule has 3 saturated heterocycles. The Morgan fingerprint density at radius 3 is 2.57 bits per heavy atom. The van der Waals surface area contributed by atoms with E-state index in [1.807, 2.05) is 52.8 Å². The maximum atomic E-state index is 14.5. The summed E-state index contributed by atoms with van der Waals surface area (Å²) in [5, 5.41) is 20.5.